The zero-order chi connectivity index (χ0) is 13.1. The van der Waals surface area contributed by atoms with Crippen molar-refractivity contribution in [2.45, 2.75) is 25.3 Å². The van der Waals surface area contributed by atoms with Gasteiger partial charge in [-0.15, -0.1) is 0 Å². The summed E-state index contributed by atoms with van der Waals surface area (Å²) in [5.74, 6) is 0. The Morgan fingerprint density at radius 2 is 2.11 bits per heavy atom. The second kappa shape index (κ2) is 5.35. The first-order valence-electron chi connectivity index (χ1n) is 6.02. The van der Waals surface area contributed by atoms with Crippen molar-refractivity contribution in [1.29, 1.82) is 0 Å². The number of benzene rings is 1. The van der Waals surface area contributed by atoms with Crippen LogP contribution in [0.15, 0.2) is 24.3 Å². The number of carbonyl (C=O) groups excluding carboxylic acids is 1. The van der Waals surface area contributed by atoms with E-state index < -0.39 is 0 Å². The number of thiocarbonyl (C=S) groups is 1. The van der Waals surface area contributed by atoms with Gasteiger partial charge in [-0.3, -0.25) is 4.90 Å². The number of urea groups is 1. The van der Waals surface area contributed by atoms with Crippen molar-refractivity contribution in [3.8, 4) is 0 Å². The molecule has 0 heterocycles. The standard InChI is InChI=1S/C13H17N3OS/c1-16(13(17)15-9-5-4-6-9)11-8-3-2-7-10(11)12(14)18/h2-3,7-9H,4-6H2,1H3,(H2,14,18)(H,15,17). The third kappa shape index (κ3) is 2.61. The van der Waals surface area contributed by atoms with Crippen LogP contribution in [-0.2, 0) is 0 Å². The second-order valence-corrected chi connectivity index (χ2v) is 4.96. The van der Waals surface area contributed by atoms with Crippen LogP contribution in [-0.4, -0.2) is 24.1 Å². The Kier molecular flexibility index (Phi) is 3.81. The number of hydrogen-bond acceptors (Lipinski definition) is 2. The zero-order valence-corrected chi connectivity index (χ0v) is 11.2. The van der Waals surface area contributed by atoms with Gasteiger partial charge in [-0.05, 0) is 31.4 Å². The minimum absolute atomic E-state index is 0.108. The largest absolute Gasteiger partial charge is 0.389 e. The van der Waals surface area contributed by atoms with E-state index in [0.717, 1.165) is 24.1 Å². The van der Waals surface area contributed by atoms with E-state index in [1.807, 2.05) is 24.3 Å². The number of carbonyl (C=O) groups is 1. The number of hydrogen-bond donors (Lipinski definition) is 2. The molecule has 2 rings (SSSR count). The van der Waals surface area contributed by atoms with Crippen molar-refractivity contribution in [3.05, 3.63) is 29.8 Å². The lowest BCUT2D eigenvalue weighted by atomic mass is 9.93. The maximum absolute atomic E-state index is 12.1. The van der Waals surface area contributed by atoms with Gasteiger partial charge in [-0.25, -0.2) is 4.79 Å². The highest BCUT2D eigenvalue weighted by Crippen LogP contribution is 2.21. The van der Waals surface area contributed by atoms with Gasteiger partial charge in [0.1, 0.15) is 4.99 Å². The summed E-state index contributed by atoms with van der Waals surface area (Å²) in [6.45, 7) is 0. The number of rotatable bonds is 3. The Balaban J connectivity index is 2.14. The highest BCUT2D eigenvalue weighted by molar-refractivity contribution is 7.80. The molecule has 1 aromatic rings. The Bertz CT molecular complexity index is 471. The molecule has 0 bridgehead atoms. The van der Waals surface area contributed by atoms with E-state index in [1.165, 1.54) is 6.42 Å². The summed E-state index contributed by atoms with van der Waals surface area (Å²) in [6.07, 6.45) is 3.32. The number of nitrogens with two attached hydrogens (primary N) is 1. The van der Waals surface area contributed by atoms with Crippen molar-refractivity contribution >= 4 is 28.9 Å². The maximum atomic E-state index is 12.1. The normalized spacial score (nSPS) is 14.7. The van der Waals surface area contributed by atoms with Gasteiger partial charge in [0, 0.05) is 18.7 Å². The fourth-order valence-corrected chi connectivity index (χ4v) is 2.08. The average molecular weight is 263 g/mol. The van der Waals surface area contributed by atoms with Crippen LogP contribution in [0, 0.1) is 0 Å². The molecule has 1 aliphatic rings. The van der Waals surface area contributed by atoms with Crippen LogP contribution < -0.4 is 16.0 Å². The van der Waals surface area contributed by atoms with Crippen molar-refractivity contribution in [3.63, 3.8) is 0 Å². The molecule has 0 aliphatic heterocycles. The molecule has 1 saturated carbocycles. The monoisotopic (exact) mass is 263 g/mol. The van der Waals surface area contributed by atoms with Gasteiger partial charge in [0.25, 0.3) is 0 Å². The molecule has 0 atom stereocenters. The van der Waals surface area contributed by atoms with Gasteiger partial charge in [-0.2, -0.15) is 0 Å². The SMILES string of the molecule is CN(C(=O)NC1CCC1)c1ccccc1C(N)=S. The van der Waals surface area contributed by atoms with Crippen LogP contribution in [0.3, 0.4) is 0 Å². The molecule has 0 radical (unpaired) electrons. The minimum Gasteiger partial charge on any atom is -0.389 e. The number of para-hydroxylation sites is 1. The third-order valence-corrected chi connectivity index (χ3v) is 3.49. The van der Waals surface area contributed by atoms with Gasteiger partial charge in [0.15, 0.2) is 0 Å². The number of nitrogens with one attached hydrogen (secondary N) is 1. The summed E-state index contributed by atoms with van der Waals surface area (Å²) in [4.78, 5) is 13.9. The highest BCUT2D eigenvalue weighted by atomic mass is 32.1. The van der Waals surface area contributed by atoms with E-state index in [2.05, 4.69) is 5.32 Å². The summed E-state index contributed by atoms with van der Waals surface area (Å²) < 4.78 is 0. The molecule has 1 aromatic carbocycles. The maximum Gasteiger partial charge on any atom is 0.321 e. The van der Waals surface area contributed by atoms with Gasteiger partial charge in [0.05, 0.1) is 5.69 Å². The van der Waals surface area contributed by atoms with E-state index in [0.29, 0.717) is 11.0 Å². The van der Waals surface area contributed by atoms with Gasteiger partial charge in [-0.1, -0.05) is 24.4 Å². The first-order valence-corrected chi connectivity index (χ1v) is 6.43. The molecule has 0 spiro atoms. The van der Waals surface area contributed by atoms with E-state index in [-0.39, 0.29) is 6.03 Å². The minimum atomic E-state index is -0.108. The molecule has 0 unspecified atom stereocenters. The fourth-order valence-electron chi connectivity index (χ4n) is 1.91. The molecule has 18 heavy (non-hydrogen) atoms. The molecule has 5 heteroatoms. The predicted molar refractivity (Wildman–Crippen MR) is 76.9 cm³/mol. The van der Waals surface area contributed by atoms with Crippen molar-refractivity contribution in [1.82, 2.24) is 5.32 Å². The quantitative estimate of drug-likeness (QED) is 0.820. The lowest BCUT2D eigenvalue weighted by Crippen LogP contribution is -2.46. The topological polar surface area (TPSA) is 58.4 Å². The summed E-state index contributed by atoms with van der Waals surface area (Å²) in [7, 11) is 1.73. The summed E-state index contributed by atoms with van der Waals surface area (Å²) in [6, 6.07) is 7.60. The van der Waals surface area contributed by atoms with E-state index in [4.69, 9.17) is 18.0 Å². The molecule has 1 aliphatic carbocycles. The number of amides is 2. The van der Waals surface area contributed by atoms with Gasteiger partial charge in [0.2, 0.25) is 0 Å². The van der Waals surface area contributed by atoms with Crippen molar-refractivity contribution in [2.75, 3.05) is 11.9 Å². The third-order valence-electron chi connectivity index (χ3n) is 3.27. The van der Waals surface area contributed by atoms with Crippen LogP contribution in [0.25, 0.3) is 0 Å². The Morgan fingerprint density at radius 1 is 1.44 bits per heavy atom. The summed E-state index contributed by atoms with van der Waals surface area (Å²) in [5.41, 5.74) is 7.12. The molecular formula is C13H17N3OS. The zero-order valence-electron chi connectivity index (χ0n) is 10.3. The Hall–Kier alpha value is -1.62. The molecule has 0 aromatic heterocycles. The number of nitrogens with zero attached hydrogens (tertiary/aromatic N) is 1. The van der Waals surface area contributed by atoms with Crippen LogP contribution in [0.4, 0.5) is 10.5 Å². The fraction of sp³-hybridized carbons (Fsp3) is 0.385. The van der Waals surface area contributed by atoms with Gasteiger partial charge >= 0.3 is 6.03 Å². The first-order chi connectivity index (χ1) is 8.59. The second-order valence-electron chi connectivity index (χ2n) is 4.52. The predicted octanol–water partition coefficient (Wildman–Crippen LogP) is 2.02. The van der Waals surface area contributed by atoms with Crippen LogP contribution >= 0.6 is 12.2 Å². The van der Waals surface area contributed by atoms with Crippen LogP contribution in [0.1, 0.15) is 24.8 Å². The number of anilines is 1. The van der Waals surface area contributed by atoms with E-state index >= 15 is 0 Å². The summed E-state index contributed by atoms with van der Waals surface area (Å²) >= 11 is 5.00. The molecule has 3 N–H and O–H groups in total. The first kappa shape index (κ1) is 12.8. The average Bonchev–Trinajstić information content (AvgIpc) is 2.32. The van der Waals surface area contributed by atoms with Crippen molar-refractivity contribution in [2.24, 2.45) is 5.73 Å². The molecule has 2 amide bonds. The van der Waals surface area contributed by atoms with Crippen molar-refractivity contribution < 1.29 is 4.79 Å². The highest BCUT2D eigenvalue weighted by Gasteiger charge is 2.22. The van der Waals surface area contributed by atoms with Gasteiger partial charge < -0.3 is 11.1 Å². The molecular weight excluding hydrogens is 246 g/mol. The lowest BCUT2D eigenvalue weighted by molar-refractivity contribution is 0.235. The molecule has 1 fully saturated rings. The molecule has 96 valence electrons. The smallest absolute Gasteiger partial charge is 0.321 e. The van der Waals surface area contributed by atoms with Crippen LogP contribution in [0.5, 0.6) is 0 Å². The summed E-state index contributed by atoms with van der Waals surface area (Å²) in [5, 5.41) is 2.98. The lowest BCUT2D eigenvalue weighted by Gasteiger charge is -2.29. The van der Waals surface area contributed by atoms with Crippen LogP contribution in [0.2, 0.25) is 0 Å². The van der Waals surface area contributed by atoms with E-state index in [1.54, 1.807) is 11.9 Å². The van der Waals surface area contributed by atoms with E-state index in [9.17, 15) is 4.79 Å². The Labute approximate surface area is 112 Å². The molecule has 4 nitrogen and oxygen atoms in total. The Morgan fingerprint density at radius 3 is 2.67 bits per heavy atom. The molecule has 0 saturated heterocycles.